The molecule has 0 unspecified atom stereocenters. The molecule has 0 saturated heterocycles. The Kier molecular flexibility index (Phi) is 10.1. The smallest absolute Gasteiger partial charge is 0.127 e. The predicted molar refractivity (Wildman–Crippen MR) is 246 cm³/mol. The standard InChI is InChI=1S/C57H65NO2.Zr/c1-54(2,3)40-24-46(52(59)48(26-40)56-28-34-18-35(29-56)20-36(19-34)30-56)42-12-7-9-14-44(42)50-16-11-17-51(58-50)45-15-10-8-13-43(45)47-25-41(55(4,5)6)27-49(53(47)60)57-31-37-21-38(32-57)23-39(22-37)33-57;/h7-17,24-27,34-39,59-60H,18-23,28-33H2,1-6H3;. The Labute approximate surface area is 384 Å². The molecular weight excluding hydrogens is 822 g/mol. The predicted octanol–water partition coefficient (Wildman–Crippen LogP) is 14.7. The summed E-state index contributed by atoms with van der Waals surface area (Å²) in [7, 11) is 0. The molecule has 314 valence electrons. The second-order valence-corrected chi connectivity index (χ2v) is 23.2. The number of phenols is 2. The minimum Gasteiger partial charge on any atom is -0.507 e. The monoisotopic (exact) mass is 885 g/mol. The van der Waals surface area contributed by atoms with Gasteiger partial charge in [-0.2, -0.15) is 0 Å². The molecule has 0 spiro atoms. The summed E-state index contributed by atoms with van der Waals surface area (Å²) in [5.74, 6) is 5.71. The van der Waals surface area contributed by atoms with Gasteiger partial charge in [-0.05, 0) is 181 Å². The minimum absolute atomic E-state index is 0. The fraction of sp³-hybridized carbons (Fsp3) is 0.491. The molecule has 8 bridgehead atoms. The van der Waals surface area contributed by atoms with E-state index in [9.17, 15) is 10.2 Å². The SMILES string of the molecule is CC(C)(C)c1cc(-c2ccccc2-c2cccc(-c3ccccc3-c3cc(C(C)(C)C)cc(C45CC6CC(CC(C6)C4)C5)c3O)n2)c(O)c(C23CC4CC(CC(C4)C2)C3)c1.[Zr]. The van der Waals surface area contributed by atoms with E-state index in [0.717, 1.165) is 80.3 Å². The molecule has 13 rings (SSSR count). The molecule has 1 aromatic heterocycles. The molecule has 8 aliphatic carbocycles. The molecule has 3 nitrogen and oxygen atoms in total. The van der Waals surface area contributed by atoms with Crippen molar-refractivity contribution >= 4 is 0 Å². The quantitative estimate of drug-likeness (QED) is 0.179. The van der Waals surface area contributed by atoms with Gasteiger partial charge in [0.15, 0.2) is 0 Å². The van der Waals surface area contributed by atoms with Crippen LogP contribution in [0.4, 0.5) is 0 Å². The van der Waals surface area contributed by atoms with E-state index in [1.165, 1.54) is 99.3 Å². The Bertz CT molecular complexity index is 2280. The Morgan fingerprint density at radius 2 is 0.738 bits per heavy atom. The average molecular weight is 887 g/mol. The summed E-state index contributed by atoms with van der Waals surface area (Å²) < 4.78 is 0. The van der Waals surface area contributed by atoms with Gasteiger partial charge in [-0.1, -0.05) is 108 Å². The van der Waals surface area contributed by atoms with Gasteiger partial charge < -0.3 is 10.2 Å². The third-order valence-electron chi connectivity index (χ3n) is 16.9. The van der Waals surface area contributed by atoms with Crippen LogP contribution in [0, 0.1) is 35.5 Å². The van der Waals surface area contributed by atoms with Crippen LogP contribution in [0.2, 0.25) is 0 Å². The van der Waals surface area contributed by atoms with Crippen LogP contribution in [0.25, 0.3) is 44.8 Å². The van der Waals surface area contributed by atoms with E-state index in [0.29, 0.717) is 11.5 Å². The first kappa shape index (κ1) is 41.5. The summed E-state index contributed by atoms with van der Waals surface area (Å²) in [6.07, 6.45) is 15.5. The zero-order valence-electron chi connectivity index (χ0n) is 37.5. The molecule has 0 radical (unpaired) electrons. The van der Waals surface area contributed by atoms with Gasteiger partial charge in [0.25, 0.3) is 0 Å². The van der Waals surface area contributed by atoms with E-state index in [-0.39, 0.29) is 47.9 Å². The molecule has 8 aliphatic rings. The number of benzene rings is 4. The fourth-order valence-electron chi connectivity index (χ4n) is 14.9. The van der Waals surface area contributed by atoms with Gasteiger partial charge in [0.05, 0.1) is 11.4 Å². The molecule has 8 fully saturated rings. The van der Waals surface area contributed by atoms with Gasteiger partial charge in [0.2, 0.25) is 0 Å². The van der Waals surface area contributed by atoms with E-state index < -0.39 is 0 Å². The summed E-state index contributed by atoms with van der Waals surface area (Å²) >= 11 is 0. The number of hydrogen-bond donors (Lipinski definition) is 2. The molecule has 0 aliphatic heterocycles. The summed E-state index contributed by atoms with van der Waals surface area (Å²) in [5.41, 5.74) is 12.7. The fourth-order valence-corrected chi connectivity index (χ4v) is 14.9. The van der Waals surface area contributed by atoms with Crippen molar-refractivity contribution in [2.75, 3.05) is 0 Å². The molecule has 4 heteroatoms. The number of phenolic OH excluding ortho intramolecular Hbond substituents is 2. The maximum atomic E-state index is 12.6. The summed E-state index contributed by atoms with van der Waals surface area (Å²) in [4.78, 5) is 5.48. The number of nitrogens with zero attached hydrogens (tertiary/aromatic N) is 1. The second kappa shape index (κ2) is 14.8. The zero-order chi connectivity index (χ0) is 41.3. The van der Waals surface area contributed by atoms with Crippen molar-refractivity contribution in [3.63, 3.8) is 0 Å². The Hall–Kier alpha value is -3.49. The van der Waals surface area contributed by atoms with Gasteiger partial charge >= 0.3 is 0 Å². The number of pyridine rings is 1. The molecule has 2 N–H and O–H groups in total. The van der Waals surface area contributed by atoms with E-state index in [2.05, 4.69) is 133 Å². The molecule has 0 atom stereocenters. The topological polar surface area (TPSA) is 53.4 Å². The van der Waals surface area contributed by atoms with Gasteiger partial charge in [0.1, 0.15) is 11.5 Å². The Morgan fingerprint density at radius 1 is 0.426 bits per heavy atom. The number of rotatable bonds is 6. The normalized spacial score (nSPS) is 29.8. The van der Waals surface area contributed by atoms with Gasteiger partial charge in [-0.15, -0.1) is 0 Å². The number of hydrogen-bond acceptors (Lipinski definition) is 3. The number of aromatic nitrogens is 1. The van der Waals surface area contributed by atoms with Crippen LogP contribution in [-0.2, 0) is 47.9 Å². The van der Waals surface area contributed by atoms with Crippen molar-refractivity contribution in [1.29, 1.82) is 0 Å². The third-order valence-corrected chi connectivity index (χ3v) is 16.9. The maximum Gasteiger partial charge on any atom is 0.127 e. The van der Waals surface area contributed by atoms with Crippen molar-refractivity contribution in [2.45, 2.75) is 140 Å². The van der Waals surface area contributed by atoms with Crippen LogP contribution in [0.5, 0.6) is 11.5 Å². The molecule has 61 heavy (non-hydrogen) atoms. The summed E-state index contributed by atoms with van der Waals surface area (Å²) in [6.45, 7) is 13.8. The van der Waals surface area contributed by atoms with Gasteiger partial charge in [-0.3, -0.25) is 0 Å². The molecule has 4 aromatic carbocycles. The van der Waals surface area contributed by atoms with Crippen LogP contribution in [0.3, 0.4) is 0 Å². The van der Waals surface area contributed by atoms with Crippen molar-refractivity contribution in [3.8, 4) is 56.3 Å². The number of aromatic hydroxyl groups is 2. The van der Waals surface area contributed by atoms with Crippen LogP contribution in [-0.4, -0.2) is 15.2 Å². The van der Waals surface area contributed by atoms with Crippen molar-refractivity contribution in [1.82, 2.24) is 4.98 Å². The van der Waals surface area contributed by atoms with E-state index in [1.54, 1.807) is 0 Å². The summed E-state index contributed by atoms with van der Waals surface area (Å²) in [6, 6.07) is 32.8. The Morgan fingerprint density at radius 3 is 1.05 bits per heavy atom. The molecule has 8 saturated carbocycles. The van der Waals surface area contributed by atoms with E-state index in [4.69, 9.17) is 4.98 Å². The van der Waals surface area contributed by atoms with E-state index in [1.807, 2.05) is 0 Å². The molecular formula is C57H65NO2Zr. The largest absolute Gasteiger partial charge is 0.507 e. The molecule has 1 heterocycles. The first-order valence-electron chi connectivity index (χ1n) is 23.6. The summed E-state index contributed by atoms with van der Waals surface area (Å²) in [5, 5.41) is 25.2. The molecule has 0 amide bonds. The van der Waals surface area contributed by atoms with Crippen LogP contribution in [0.15, 0.2) is 91.0 Å². The first-order valence-corrected chi connectivity index (χ1v) is 23.6. The Balaban J connectivity index is 0.00000445. The van der Waals surface area contributed by atoms with Crippen molar-refractivity contribution < 1.29 is 36.4 Å². The van der Waals surface area contributed by atoms with Crippen molar-refractivity contribution in [2.24, 2.45) is 35.5 Å². The van der Waals surface area contributed by atoms with Gasteiger partial charge in [-0.25, -0.2) is 4.98 Å². The van der Waals surface area contributed by atoms with Gasteiger partial charge in [0, 0.05) is 59.6 Å². The van der Waals surface area contributed by atoms with Crippen LogP contribution >= 0.6 is 0 Å². The molecule has 5 aromatic rings. The second-order valence-electron chi connectivity index (χ2n) is 23.2. The zero-order valence-corrected chi connectivity index (χ0v) is 39.9. The van der Waals surface area contributed by atoms with Crippen LogP contribution < -0.4 is 0 Å². The van der Waals surface area contributed by atoms with Crippen molar-refractivity contribution in [3.05, 3.63) is 113 Å². The third kappa shape index (κ3) is 7.03. The van der Waals surface area contributed by atoms with Crippen LogP contribution in [0.1, 0.15) is 141 Å². The minimum atomic E-state index is -0.0677. The average Bonchev–Trinajstić information content (AvgIpc) is 3.19. The first-order chi connectivity index (χ1) is 28.6. The maximum absolute atomic E-state index is 12.6. The van der Waals surface area contributed by atoms with E-state index >= 15 is 0 Å².